The van der Waals surface area contributed by atoms with Gasteiger partial charge in [-0.25, -0.2) is 0 Å². The van der Waals surface area contributed by atoms with Gasteiger partial charge >= 0.3 is 0 Å². The van der Waals surface area contributed by atoms with Crippen LogP contribution in [0.2, 0.25) is 0 Å². The van der Waals surface area contributed by atoms with Gasteiger partial charge < -0.3 is 10.1 Å². The predicted octanol–water partition coefficient (Wildman–Crippen LogP) is 1.74. The van der Waals surface area contributed by atoms with Crippen LogP contribution in [0.15, 0.2) is 60.7 Å². The molecule has 92 valence electrons. The molecule has 3 N–H and O–H groups in total. The molecule has 0 saturated carbocycles. The number of hydrogen-bond donors (Lipinski definition) is 2. The first kappa shape index (κ1) is 12.1. The fraction of sp³-hybridized carbons (Fsp3) is 0.0714. The van der Waals surface area contributed by atoms with Gasteiger partial charge in [-0.2, -0.15) is 0 Å². The summed E-state index contributed by atoms with van der Waals surface area (Å²) in [5.74, 6) is 0.345. The van der Waals surface area contributed by atoms with Crippen molar-refractivity contribution in [3.63, 3.8) is 0 Å². The highest BCUT2D eigenvalue weighted by molar-refractivity contribution is 5.94. The highest BCUT2D eigenvalue weighted by Gasteiger charge is 2.10. The van der Waals surface area contributed by atoms with Crippen LogP contribution in [0.3, 0.4) is 0 Å². The molecule has 0 bridgehead atoms. The number of nitrogens with one attached hydrogen (secondary N) is 1. The quantitative estimate of drug-likeness (QED) is 0.803. The van der Waals surface area contributed by atoms with E-state index < -0.39 is 6.35 Å². The van der Waals surface area contributed by atoms with E-state index in [4.69, 9.17) is 10.5 Å². The number of amides is 1. The second-order valence-corrected chi connectivity index (χ2v) is 3.69. The number of carbonyl (C=O) groups excluding carboxylic acids is 1. The number of para-hydroxylation sites is 1. The topological polar surface area (TPSA) is 64.3 Å². The molecule has 2 aromatic carbocycles. The van der Waals surface area contributed by atoms with Crippen molar-refractivity contribution in [1.82, 2.24) is 5.32 Å². The molecule has 0 aliphatic carbocycles. The van der Waals surface area contributed by atoms with Crippen LogP contribution in [0, 0.1) is 0 Å². The number of rotatable bonds is 4. The Hall–Kier alpha value is -2.33. The molecule has 0 aromatic heterocycles. The zero-order valence-corrected chi connectivity index (χ0v) is 9.74. The summed E-state index contributed by atoms with van der Waals surface area (Å²) < 4.78 is 5.35. The van der Waals surface area contributed by atoms with E-state index >= 15 is 0 Å². The van der Waals surface area contributed by atoms with Gasteiger partial charge in [-0.1, -0.05) is 36.4 Å². The van der Waals surface area contributed by atoms with Crippen molar-refractivity contribution < 1.29 is 9.53 Å². The summed E-state index contributed by atoms with van der Waals surface area (Å²) in [6, 6.07) is 17.9. The molecule has 1 unspecified atom stereocenters. The van der Waals surface area contributed by atoms with Gasteiger partial charge in [0.15, 0.2) is 0 Å². The average molecular weight is 242 g/mol. The smallest absolute Gasteiger partial charge is 0.255 e. The molecule has 0 heterocycles. The third-order valence-electron chi connectivity index (χ3n) is 2.32. The minimum absolute atomic E-state index is 0.265. The van der Waals surface area contributed by atoms with E-state index in [9.17, 15) is 4.79 Å². The molecule has 0 radical (unpaired) electrons. The maximum atomic E-state index is 11.8. The summed E-state index contributed by atoms with van der Waals surface area (Å²) in [5, 5.41) is 2.56. The van der Waals surface area contributed by atoms with Crippen molar-refractivity contribution in [2.75, 3.05) is 0 Å². The Labute approximate surface area is 105 Å². The van der Waals surface area contributed by atoms with E-state index in [0.29, 0.717) is 11.3 Å². The standard InChI is InChI=1S/C14H14N2O2/c15-14(18-12-9-5-2-6-10-12)16-13(17)11-7-3-1-4-8-11/h1-10,14H,15H2,(H,16,17). The molecule has 0 aliphatic heterocycles. The van der Waals surface area contributed by atoms with E-state index in [-0.39, 0.29) is 5.91 Å². The summed E-state index contributed by atoms with van der Waals surface area (Å²) in [5.41, 5.74) is 6.24. The molecule has 2 aromatic rings. The minimum Gasteiger partial charge on any atom is -0.458 e. The Bertz CT molecular complexity index is 500. The zero-order chi connectivity index (χ0) is 12.8. The Morgan fingerprint density at radius 3 is 2.17 bits per heavy atom. The number of ether oxygens (including phenoxy) is 1. The molecule has 0 spiro atoms. The highest BCUT2D eigenvalue weighted by Crippen LogP contribution is 2.08. The van der Waals surface area contributed by atoms with E-state index in [1.165, 1.54) is 0 Å². The lowest BCUT2D eigenvalue weighted by atomic mass is 10.2. The van der Waals surface area contributed by atoms with Gasteiger partial charge in [-0.05, 0) is 24.3 Å². The van der Waals surface area contributed by atoms with Crippen molar-refractivity contribution in [2.24, 2.45) is 5.73 Å². The van der Waals surface area contributed by atoms with Gasteiger partial charge in [0.2, 0.25) is 6.35 Å². The van der Waals surface area contributed by atoms with Crippen LogP contribution in [0.25, 0.3) is 0 Å². The van der Waals surface area contributed by atoms with Crippen LogP contribution in [0.4, 0.5) is 0 Å². The fourth-order valence-corrected chi connectivity index (χ4v) is 1.48. The highest BCUT2D eigenvalue weighted by atomic mass is 16.5. The van der Waals surface area contributed by atoms with Crippen molar-refractivity contribution >= 4 is 5.91 Å². The Balaban J connectivity index is 1.92. The zero-order valence-electron chi connectivity index (χ0n) is 9.74. The largest absolute Gasteiger partial charge is 0.458 e. The molecule has 4 heteroatoms. The van der Waals surface area contributed by atoms with Crippen LogP contribution in [0.5, 0.6) is 5.75 Å². The van der Waals surface area contributed by atoms with Crippen molar-refractivity contribution in [2.45, 2.75) is 6.35 Å². The van der Waals surface area contributed by atoms with Crippen molar-refractivity contribution in [3.05, 3.63) is 66.2 Å². The number of hydrogen-bond acceptors (Lipinski definition) is 3. The molecule has 1 atom stereocenters. The van der Waals surface area contributed by atoms with E-state index in [0.717, 1.165) is 0 Å². The van der Waals surface area contributed by atoms with Crippen molar-refractivity contribution in [3.8, 4) is 5.75 Å². The van der Waals surface area contributed by atoms with Crippen LogP contribution in [-0.4, -0.2) is 12.3 Å². The van der Waals surface area contributed by atoms with Crippen LogP contribution in [-0.2, 0) is 0 Å². The summed E-state index contributed by atoms with van der Waals surface area (Å²) in [6.45, 7) is 0. The van der Waals surface area contributed by atoms with Gasteiger partial charge in [-0.3, -0.25) is 10.5 Å². The molecule has 2 rings (SSSR count). The maximum absolute atomic E-state index is 11.8. The van der Waals surface area contributed by atoms with Crippen LogP contribution >= 0.6 is 0 Å². The SMILES string of the molecule is NC(NC(=O)c1ccccc1)Oc1ccccc1. The predicted molar refractivity (Wildman–Crippen MR) is 69.0 cm³/mol. The monoisotopic (exact) mass is 242 g/mol. The van der Waals surface area contributed by atoms with Crippen molar-refractivity contribution in [1.29, 1.82) is 0 Å². The summed E-state index contributed by atoms with van der Waals surface area (Å²) in [7, 11) is 0. The summed E-state index contributed by atoms with van der Waals surface area (Å²) in [6.07, 6.45) is -0.875. The first-order valence-corrected chi connectivity index (χ1v) is 5.59. The van der Waals surface area contributed by atoms with Gasteiger partial charge in [0.25, 0.3) is 5.91 Å². The second kappa shape index (κ2) is 5.84. The molecular weight excluding hydrogens is 228 g/mol. The first-order valence-electron chi connectivity index (χ1n) is 5.59. The molecule has 4 nitrogen and oxygen atoms in total. The second-order valence-electron chi connectivity index (χ2n) is 3.69. The van der Waals surface area contributed by atoms with Gasteiger partial charge in [-0.15, -0.1) is 0 Å². The van der Waals surface area contributed by atoms with E-state index in [1.54, 1.807) is 36.4 Å². The fourth-order valence-electron chi connectivity index (χ4n) is 1.48. The van der Waals surface area contributed by atoms with Gasteiger partial charge in [0, 0.05) is 5.56 Å². The first-order chi connectivity index (χ1) is 8.75. The maximum Gasteiger partial charge on any atom is 0.255 e. The normalized spacial score (nSPS) is 11.6. The average Bonchev–Trinajstić information content (AvgIpc) is 2.40. The lowest BCUT2D eigenvalue weighted by Crippen LogP contribution is -2.45. The molecule has 18 heavy (non-hydrogen) atoms. The molecule has 0 saturated heterocycles. The Kier molecular flexibility index (Phi) is 3.94. The molecule has 1 amide bonds. The van der Waals surface area contributed by atoms with Crippen LogP contribution in [0.1, 0.15) is 10.4 Å². The third-order valence-corrected chi connectivity index (χ3v) is 2.32. The van der Waals surface area contributed by atoms with Gasteiger partial charge in [0.1, 0.15) is 5.75 Å². The Morgan fingerprint density at radius 1 is 1.00 bits per heavy atom. The Morgan fingerprint density at radius 2 is 1.56 bits per heavy atom. The minimum atomic E-state index is -0.875. The van der Waals surface area contributed by atoms with Crippen LogP contribution < -0.4 is 15.8 Å². The number of nitrogens with two attached hydrogens (primary N) is 1. The molecule has 0 fully saturated rings. The third kappa shape index (κ3) is 3.33. The summed E-state index contributed by atoms with van der Waals surface area (Å²) in [4.78, 5) is 11.8. The summed E-state index contributed by atoms with van der Waals surface area (Å²) >= 11 is 0. The molecule has 0 aliphatic rings. The van der Waals surface area contributed by atoms with E-state index in [2.05, 4.69) is 5.32 Å². The lowest BCUT2D eigenvalue weighted by molar-refractivity contribution is 0.0837. The van der Waals surface area contributed by atoms with Gasteiger partial charge in [0.05, 0.1) is 0 Å². The number of benzene rings is 2. The lowest BCUT2D eigenvalue weighted by Gasteiger charge is -2.15. The number of carbonyl (C=O) groups is 1. The molecular formula is C14H14N2O2. The van der Waals surface area contributed by atoms with E-state index in [1.807, 2.05) is 24.3 Å².